The molecular formula is C14H23N3O6S. The maximum atomic E-state index is 12.1. The number of ketones is 1. The number of hydrogen-bond donors (Lipinski definition) is 1. The largest absolute Gasteiger partial charge is 0.461 e. The van der Waals surface area contributed by atoms with Crippen LogP contribution in [0.2, 0.25) is 0 Å². The standard InChI is InChI=1S/C14H23N3O6S/c1-5-12(24(4,21)22)13(19)17-11(14(20)23-9(2)3)7-6-10(18)8-16-15/h8-9,11-12H,5-7H2,1-4H3,(H,17,19)/t11-,12-/m0/s1. The number of Topliss-reactive ketones (excluding diaryl/α,β-unsaturated/α-hetero) is 1. The van der Waals surface area contributed by atoms with Gasteiger partial charge < -0.3 is 15.6 Å². The number of carbonyl (C=O) groups is 3. The first-order chi connectivity index (χ1) is 11.0. The fraction of sp³-hybridized carbons (Fsp3) is 0.714. The number of ether oxygens (including phenoxy) is 1. The number of amides is 1. The molecule has 0 bridgehead atoms. The molecule has 1 amide bonds. The van der Waals surface area contributed by atoms with Gasteiger partial charge in [0.1, 0.15) is 11.3 Å². The Morgan fingerprint density at radius 2 is 1.88 bits per heavy atom. The van der Waals surface area contributed by atoms with Crippen molar-refractivity contribution >= 4 is 33.7 Å². The lowest BCUT2D eigenvalue weighted by molar-refractivity contribution is -0.151. The van der Waals surface area contributed by atoms with Crippen LogP contribution in [-0.2, 0) is 29.0 Å². The summed E-state index contributed by atoms with van der Waals surface area (Å²) in [5.74, 6) is -2.14. The quantitative estimate of drug-likeness (QED) is 0.249. The summed E-state index contributed by atoms with van der Waals surface area (Å²) in [6.45, 7) is 4.77. The van der Waals surface area contributed by atoms with Gasteiger partial charge >= 0.3 is 12.2 Å². The maximum absolute atomic E-state index is 12.1. The molecule has 0 aliphatic carbocycles. The molecule has 0 rings (SSSR count). The first-order valence-electron chi connectivity index (χ1n) is 7.42. The number of rotatable bonds is 10. The highest BCUT2D eigenvalue weighted by Crippen LogP contribution is 2.08. The second-order valence-corrected chi connectivity index (χ2v) is 7.75. The van der Waals surface area contributed by atoms with Crippen LogP contribution in [0.1, 0.15) is 40.0 Å². The average Bonchev–Trinajstić information content (AvgIpc) is 2.41. The lowest BCUT2D eigenvalue weighted by Gasteiger charge is -2.21. The van der Waals surface area contributed by atoms with Crippen molar-refractivity contribution < 1.29 is 32.3 Å². The fourth-order valence-corrected chi connectivity index (χ4v) is 2.99. The molecule has 24 heavy (non-hydrogen) atoms. The first kappa shape index (κ1) is 21.9. The van der Waals surface area contributed by atoms with Crippen molar-refractivity contribution in [3.8, 4) is 0 Å². The zero-order valence-corrected chi connectivity index (χ0v) is 15.0. The number of nitrogens with zero attached hydrogens (tertiary/aromatic N) is 2. The number of sulfone groups is 1. The van der Waals surface area contributed by atoms with Crippen LogP contribution in [0.5, 0.6) is 0 Å². The molecule has 0 aromatic rings. The van der Waals surface area contributed by atoms with Gasteiger partial charge in [-0.2, -0.15) is 4.79 Å². The van der Waals surface area contributed by atoms with Crippen LogP contribution < -0.4 is 5.32 Å². The zero-order chi connectivity index (χ0) is 18.9. The highest BCUT2D eigenvalue weighted by atomic mass is 32.2. The van der Waals surface area contributed by atoms with Crippen molar-refractivity contribution in [3.63, 3.8) is 0 Å². The Morgan fingerprint density at radius 3 is 2.29 bits per heavy atom. The van der Waals surface area contributed by atoms with Crippen LogP contribution in [0.15, 0.2) is 0 Å². The second-order valence-electron chi connectivity index (χ2n) is 5.52. The molecule has 0 aromatic heterocycles. The molecule has 0 fully saturated rings. The summed E-state index contributed by atoms with van der Waals surface area (Å²) in [6, 6.07) is -1.17. The van der Waals surface area contributed by atoms with Crippen molar-refractivity contribution in [1.82, 2.24) is 5.32 Å². The van der Waals surface area contributed by atoms with Crippen molar-refractivity contribution in [1.29, 1.82) is 0 Å². The fourth-order valence-electron chi connectivity index (χ4n) is 1.93. The molecule has 10 heteroatoms. The molecule has 0 unspecified atom stereocenters. The van der Waals surface area contributed by atoms with Crippen LogP contribution in [0.4, 0.5) is 0 Å². The SMILES string of the molecule is CC[C@@H](C(=O)N[C@@H](CCC(=O)C=[N+]=[N-])C(=O)OC(C)C)S(C)(=O)=O. The van der Waals surface area contributed by atoms with E-state index in [2.05, 4.69) is 10.1 Å². The minimum atomic E-state index is -3.63. The third-order valence-corrected chi connectivity index (χ3v) is 4.60. The lowest BCUT2D eigenvalue weighted by Crippen LogP contribution is -2.48. The molecule has 0 aliphatic rings. The van der Waals surface area contributed by atoms with Gasteiger partial charge in [0, 0.05) is 12.7 Å². The van der Waals surface area contributed by atoms with Crippen molar-refractivity contribution in [2.75, 3.05) is 6.26 Å². The summed E-state index contributed by atoms with van der Waals surface area (Å²) in [6.07, 6.45) is 0.928. The Morgan fingerprint density at radius 1 is 1.29 bits per heavy atom. The van der Waals surface area contributed by atoms with Gasteiger partial charge in [0.2, 0.25) is 11.7 Å². The van der Waals surface area contributed by atoms with Gasteiger partial charge in [-0.05, 0) is 26.7 Å². The molecular weight excluding hydrogens is 338 g/mol. The zero-order valence-electron chi connectivity index (χ0n) is 14.2. The summed E-state index contributed by atoms with van der Waals surface area (Å²) in [5, 5.41) is 1.04. The molecule has 0 spiro atoms. The van der Waals surface area contributed by atoms with Crippen molar-refractivity contribution in [3.05, 3.63) is 5.53 Å². The van der Waals surface area contributed by atoms with Crippen LogP contribution >= 0.6 is 0 Å². The minimum absolute atomic E-state index is 0.0483. The second kappa shape index (κ2) is 9.94. The van der Waals surface area contributed by atoms with E-state index in [-0.39, 0.29) is 19.3 Å². The normalized spacial score (nSPS) is 13.5. The number of esters is 1. The van der Waals surface area contributed by atoms with Gasteiger partial charge in [-0.3, -0.25) is 9.59 Å². The molecule has 0 aliphatic heterocycles. The summed E-state index contributed by atoms with van der Waals surface area (Å²) < 4.78 is 28.2. The summed E-state index contributed by atoms with van der Waals surface area (Å²) in [7, 11) is -3.63. The topological polar surface area (TPSA) is 143 Å². The van der Waals surface area contributed by atoms with Crippen LogP contribution in [-0.4, -0.2) is 60.7 Å². The van der Waals surface area contributed by atoms with E-state index in [4.69, 9.17) is 10.3 Å². The number of nitrogens with one attached hydrogen (secondary N) is 1. The molecule has 0 radical (unpaired) electrons. The van der Waals surface area contributed by atoms with Gasteiger partial charge in [0.15, 0.2) is 9.84 Å². The molecule has 1 N–H and O–H groups in total. The van der Waals surface area contributed by atoms with Gasteiger partial charge in [0.25, 0.3) is 0 Å². The van der Waals surface area contributed by atoms with E-state index in [9.17, 15) is 22.8 Å². The molecule has 0 saturated carbocycles. The number of carbonyl (C=O) groups excluding carboxylic acids is 3. The highest BCUT2D eigenvalue weighted by molar-refractivity contribution is 7.92. The molecule has 2 atom stereocenters. The lowest BCUT2D eigenvalue weighted by atomic mass is 10.1. The molecule has 9 nitrogen and oxygen atoms in total. The van der Waals surface area contributed by atoms with E-state index < -0.39 is 44.9 Å². The Balaban J connectivity index is 5.17. The van der Waals surface area contributed by atoms with Crippen LogP contribution in [0, 0.1) is 0 Å². The molecule has 0 saturated heterocycles. The van der Waals surface area contributed by atoms with Crippen molar-refractivity contribution in [2.45, 2.75) is 57.4 Å². The maximum Gasteiger partial charge on any atom is 0.328 e. The molecule has 0 heterocycles. The average molecular weight is 361 g/mol. The molecule has 136 valence electrons. The van der Waals surface area contributed by atoms with E-state index in [0.29, 0.717) is 6.21 Å². The van der Waals surface area contributed by atoms with Gasteiger partial charge in [-0.25, -0.2) is 13.2 Å². The third-order valence-electron chi connectivity index (χ3n) is 3.01. The Kier molecular flexibility index (Phi) is 9.09. The predicted molar refractivity (Wildman–Crippen MR) is 86.0 cm³/mol. The summed E-state index contributed by atoms with van der Waals surface area (Å²) in [4.78, 5) is 38.1. The van der Waals surface area contributed by atoms with E-state index in [1.54, 1.807) is 13.8 Å². The van der Waals surface area contributed by atoms with Gasteiger partial charge in [0.05, 0.1) is 6.10 Å². The Hall–Kier alpha value is -2.06. The molecule has 0 aromatic carbocycles. The van der Waals surface area contributed by atoms with Crippen molar-refractivity contribution in [2.24, 2.45) is 0 Å². The predicted octanol–water partition coefficient (Wildman–Crippen LogP) is -0.104. The summed E-state index contributed by atoms with van der Waals surface area (Å²) in [5.41, 5.74) is 8.29. The third kappa shape index (κ3) is 7.98. The highest BCUT2D eigenvalue weighted by Gasteiger charge is 2.31. The van der Waals surface area contributed by atoms with E-state index in [0.717, 1.165) is 6.26 Å². The Labute approximate surface area is 141 Å². The van der Waals surface area contributed by atoms with E-state index >= 15 is 0 Å². The minimum Gasteiger partial charge on any atom is -0.461 e. The van der Waals surface area contributed by atoms with E-state index in [1.807, 2.05) is 0 Å². The smallest absolute Gasteiger partial charge is 0.328 e. The summed E-state index contributed by atoms with van der Waals surface area (Å²) >= 11 is 0. The van der Waals surface area contributed by atoms with Crippen LogP contribution in [0.25, 0.3) is 5.53 Å². The number of hydrogen-bond acceptors (Lipinski definition) is 6. The van der Waals surface area contributed by atoms with Gasteiger partial charge in [-0.15, -0.1) is 0 Å². The van der Waals surface area contributed by atoms with E-state index in [1.165, 1.54) is 6.92 Å². The van der Waals surface area contributed by atoms with Crippen LogP contribution in [0.3, 0.4) is 0 Å². The van der Waals surface area contributed by atoms with Gasteiger partial charge in [-0.1, -0.05) is 6.92 Å². The first-order valence-corrected chi connectivity index (χ1v) is 9.38. The monoisotopic (exact) mass is 361 g/mol. The Bertz CT molecular complexity index is 622.